The molecule has 0 saturated carbocycles. The molecule has 2 aromatic heterocycles. The minimum atomic E-state index is -4.43. The molecule has 0 amide bonds. The van der Waals surface area contributed by atoms with Gasteiger partial charge in [0, 0.05) is 23.7 Å². The number of hydrogen-bond acceptors (Lipinski definition) is 4. The van der Waals surface area contributed by atoms with Gasteiger partial charge in [-0.3, -0.25) is 4.40 Å². The van der Waals surface area contributed by atoms with Crippen molar-refractivity contribution in [2.24, 2.45) is 0 Å². The molecule has 0 bridgehead atoms. The van der Waals surface area contributed by atoms with Gasteiger partial charge in [-0.2, -0.15) is 18.4 Å². The summed E-state index contributed by atoms with van der Waals surface area (Å²) in [5.41, 5.74) is 2.32. The first-order valence-electron chi connectivity index (χ1n) is 10.0. The van der Waals surface area contributed by atoms with Crippen LogP contribution in [0.5, 0.6) is 0 Å². The second kappa shape index (κ2) is 8.69. The highest BCUT2D eigenvalue weighted by Gasteiger charge is 2.30. The van der Waals surface area contributed by atoms with E-state index in [0.717, 1.165) is 24.2 Å². The molecule has 32 heavy (non-hydrogen) atoms. The average molecular weight is 458 g/mol. The van der Waals surface area contributed by atoms with Crippen LogP contribution in [0.25, 0.3) is 27.8 Å². The van der Waals surface area contributed by atoms with Gasteiger partial charge >= 0.3 is 6.18 Å². The van der Waals surface area contributed by atoms with Crippen LogP contribution < -0.4 is 10.6 Å². The van der Waals surface area contributed by atoms with E-state index in [2.05, 4.69) is 21.7 Å². The van der Waals surface area contributed by atoms with Crippen LogP contribution in [-0.2, 0) is 6.18 Å². The fraction of sp³-hybridized carbons (Fsp3) is 0.217. The van der Waals surface area contributed by atoms with Crippen molar-refractivity contribution in [2.75, 3.05) is 25.0 Å². The van der Waals surface area contributed by atoms with Crippen LogP contribution in [0.4, 0.5) is 19.0 Å². The van der Waals surface area contributed by atoms with Crippen LogP contribution in [0.15, 0.2) is 48.5 Å². The maximum Gasteiger partial charge on any atom is 0.416 e. The number of aromatic nitrogens is 2. The summed E-state index contributed by atoms with van der Waals surface area (Å²) < 4.78 is 40.8. The van der Waals surface area contributed by atoms with Crippen molar-refractivity contribution in [1.82, 2.24) is 14.7 Å². The van der Waals surface area contributed by atoms with Crippen molar-refractivity contribution in [3.63, 3.8) is 0 Å². The van der Waals surface area contributed by atoms with Crippen molar-refractivity contribution in [3.05, 3.63) is 64.7 Å². The summed E-state index contributed by atoms with van der Waals surface area (Å²) in [6, 6.07) is 14.0. The number of imidazole rings is 1. The Morgan fingerprint density at radius 1 is 1.09 bits per heavy atom. The molecule has 0 aliphatic carbocycles. The predicted octanol–water partition coefficient (Wildman–Crippen LogP) is 5.72. The highest BCUT2D eigenvalue weighted by atomic mass is 35.5. The van der Waals surface area contributed by atoms with Gasteiger partial charge in [-0.1, -0.05) is 30.7 Å². The number of halogens is 4. The molecule has 2 aromatic carbocycles. The van der Waals surface area contributed by atoms with Crippen LogP contribution in [0.3, 0.4) is 0 Å². The van der Waals surface area contributed by atoms with E-state index in [4.69, 9.17) is 11.6 Å². The van der Waals surface area contributed by atoms with Crippen LogP contribution in [-0.4, -0.2) is 29.0 Å². The van der Waals surface area contributed by atoms with E-state index in [0.29, 0.717) is 46.2 Å². The summed E-state index contributed by atoms with van der Waals surface area (Å²) >= 11 is 6.13. The second-order valence-corrected chi connectivity index (χ2v) is 7.63. The average Bonchev–Trinajstić information content (AvgIpc) is 3.14. The molecule has 0 aliphatic heterocycles. The number of pyridine rings is 1. The maximum atomic E-state index is 13.0. The lowest BCUT2D eigenvalue weighted by Crippen LogP contribution is -2.22. The number of rotatable bonds is 6. The molecule has 0 spiro atoms. The molecule has 0 fully saturated rings. The number of fused-ring (bicyclic) bond motifs is 3. The minimum Gasteiger partial charge on any atom is -0.370 e. The quantitative estimate of drug-likeness (QED) is 0.363. The van der Waals surface area contributed by atoms with Gasteiger partial charge in [0.15, 0.2) is 5.65 Å². The molecule has 9 heteroatoms. The Balaban J connectivity index is 1.93. The van der Waals surface area contributed by atoms with E-state index in [1.54, 1.807) is 18.2 Å². The maximum absolute atomic E-state index is 13.0. The third-order valence-corrected chi connectivity index (χ3v) is 5.36. The third-order valence-electron chi connectivity index (χ3n) is 5.12. The molecule has 164 valence electrons. The molecular weight excluding hydrogens is 439 g/mol. The Morgan fingerprint density at radius 3 is 2.50 bits per heavy atom. The highest BCUT2D eigenvalue weighted by molar-refractivity contribution is 6.31. The Bertz CT molecular complexity index is 1320. The summed E-state index contributed by atoms with van der Waals surface area (Å²) in [6.45, 7) is 4.16. The zero-order valence-electron chi connectivity index (χ0n) is 17.1. The molecule has 2 N–H and O–H groups in total. The number of likely N-dealkylation sites (N-methyl/N-ethyl adjacent to an activating group) is 1. The lowest BCUT2D eigenvalue weighted by atomic mass is 10.00. The summed E-state index contributed by atoms with van der Waals surface area (Å²) in [5.74, 6) is 0.677. The predicted molar refractivity (Wildman–Crippen MR) is 120 cm³/mol. The van der Waals surface area contributed by atoms with Gasteiger partial charge < -0.3 is 10.6 Å². The molecule has 0 radical (unpaired) electrons. The smallest absolute Gasteiger partial charge is 0.370 e. The molecule has 4 aromatic rings. The molecule has 4 rings (SSSR count). The Hall–Kier alpha value is -3.28. The highest BCUT2D eigenvalue weighted by Crippen LogP contribution is 2.35. The fourth-order valence-electron chi connectivity index (χ4n) is 3.62. The Labute approximate surface area is 187 Å². The summed E-state index contributed by atoms with van der Waals surface area (Å²) in [6.07, 6.45) is -4.43. The Morgan fingerprint density at radius 2 is 1.84 bits per heavy atom. The molecule has 0 aliphatic rings. The first kappa shape index (κ1) is 21.9. The lowest BCUT2D eigenvalue weighted by molar-refractivity contribution is -0.137. The van der Waals surface area contributed by atoms with Gasteiger partial charge in [-0.05, 0) is 48.5 Å². The summed E-state index contributed by atoms with van der Waals surface area (Å²) in [7, 11) is 0. The standard InChI is InChI=1S/C23H19ClF3N5/c1-2-29-9-10-30-21-12-17(14-3-5-15(6-4-14)23(25,26)27)18(13-28)22-31-19-11-16(24)7-8-20(19)32(21)22/h3-8,11-12,29-30H,2,9-10H2,1H3. The molecule has 2 heterocycles. The van der Waals surface area contributed by atoms with Crippen LogP contribution in [0.2, 0.25) is 5.02 Å². The van der Waals surface area contributed by atoms with Crippen molar-refractivity contribution in [3.8, 4) is 17.2 Å². The van der Waals surface area contributed by atoms with E-state index in [1.807, 2.05) is 17.4 Å². The van der Waals surface area contributed by atoms with Gasteiger partial charge in [0.2, 0.25) is 0 Å². The zero-order valence-corrected chi connectivity index (χ0v) is 17.8. The Kier molecular flexibility index (Phi) is 5.96. The lowest BCUT2D eigenvalue weighted by Gasteiger charge is -2.15. The molecular formula is C23H19ClF3N5. The zero-order chi connectivity index (χ0) is 22.9. The van der Waals surface area contributed by atoms with Gasteiger partial charge in [0.1, 0.15) is 17.5 Å². The van der Waals surface area contributed by atoms with Crippen molar-refractivity contribution >= 4 is 34.1 Å². The fourth-order valence-corrected chi connectivity index (χ4v) is 3.79. The first-order valence-corrected chi connectivity index (χ1v) is 10.4. The molecule has 0 saturated heterocycles. The second-order valence-electron chi connectivity index (χ2n) is 7.19. The minimum absolute atomic E-state index is 0.273. The van der Waals surface area contributed by atoms with Crippen LogP contribution in [0.1, 0.15) is 18.1 Å². The van der Waals surface area contributed by atoms with E-state index in [-0.39, 0.29) is 5.56 Å². The summed E-state index contributed by atoms with van der Waals surface area (Å²) in [4.78, 5) is 4.62. The monoisotopic (exact) mass is 457 g/mol. The molecule has 5 nitrogen and oxygen atoms in total. The largest absolute Gasteiger partial charge is 0.416 e. The van der Waals surface area contributed by atoms with E-state index < -0.39 is 11.7 Å². The van der Waals surface area contributed by atoms with Crippen LogP contribution in [0, 0.1) is 11.3 Å². The van der Waals surface area contributed by atoms with Crippen LogP contribution >= 0.6 is 11.6 Å². The number of nitrogens with zero attached hydrogens (tertiary/aromatic N) is 3. The number of alkyl halides is 3. The van der Waals surface area contributed by atoms with Gasteiger partial charge in [0.25, 0.3) is 0 Å². The van der Waals surface area contributed by atoms with Gasteiger partial charge in [-0.25, -0.2) is 4.98 Å². The van der Waals surface area contributed by atoms with Crippen molar-refractivity contribution in [1.29, 1.82) is 5.26 Å². The van der Waals surface area contributed by atoms with E-state index in [1.165, 1.54) is 12.1 Å². The molecule has 0 atom stereocenters. The van der Waals surface area contributed by atoms with Crippen molar-refractivity contribution in [2.45, 2.75) is 13.1 Å². The number of anilines is 1. The van der Waals surface area contributed by atoms with E-state index >= 15 is 0 Å². The third kappa shape index (κ3) is 4.09. The number of benzene rings is 2. The SMILES string of the molecule is CCNCCNc1cc(-c2ccc(C(F)(F)F)cc2)c(C#N)c2nc3cc(Cl)ccc3n12. The number of hydrogen-bond donors (Lipinski definition) is 2. The van der Waals surface area contributed by atoms with Gasteiger partial charge in [0.05, 0.1) is 16.6 Å². The first-order chi connectivity index (χ1) is 15.3. The topological polar surface area (TPSA) is 65.1 Å². The van der Waals surface area contributed by atoms with Gasteiger partial charge in [-0.15, -0.1) is 0 Å². The number of nitriles is 1. The summed E-state index contributed by atoms with van der Waals surface area (Å²) in [5, 5.41) is 17.0. The van der Waals surface area contributed by atoms with E-state index in [9.17, 15) is 18.4 Å². The normalized spacial score (nSPS) is 11.8. The van der Waals surface area contributed by atoms with Crippen molar-refractivity contribution < 1.29 is 13.2 Å². The molecule has 0 unspecified atom stereocenters. The number of nitrogens with one attached hydrogen (secondary N) is 2.